The minimum absolute atomic E-state index is 0.0374. The van der Waals surface area contributed by atoms with Gasteiger partial charge in [-0.2, -0.15) is 0 Å². The molecule has 0 spiro atoms. The summed E-state index contributed by atoms with van der Waals surface area (Å²) in [5, 5.41) is 0. The number of likely N-dealkylation sites (tertiary alicyclic amines) is 1. The molecule has 18 heavy (non-hydrogen) atoms. The molecule has 1 saturated carbocycles. The molecule has 0 aromatic carbocycles. The molecule has 1 aliphatic carbocycles. The van der Waals surface area contributed by atoms with Gasteiger partial charge in [-0.25, -0.2) is 0 Å². The fourth-order valence-electron chi connectivity index (χ4n) is 3.27. The third-order valence-corrected chi connectivity index (χ3v) is 4.48. The maximum absolute atomic E-state index is 12.5. The third-order valence-electron chi connectivity index (χ3n) is 4.48. The molecule has 4 atom stereocenters. The lowest BCUT2D eigenvalue weighted by molar-refractivity contribution is -0.142. The topological polar surface area (TPSA) is 89.4 Å². The number of nitrogens with zero attached hydrogens (tertiary/aromatic N) is 1. The normalized spacial score (nSPS) is 36.7. The van der Waals surface area contributed by atoms with Crippen LogP contribution in [0.3, 0.4) is 0 Å². The molecule has 0 aromatic rings. The summed E-state index contributed by atoms with van der Waals surface area (Å²) in [5.74, 6) is -0.107. The second-order valence-electron chi connectivity index (χ2n) is 5.68. The first-order valence-corrected chi connectivity index (χ1v) is 6.87. The van der Waals surface area contributed by atoms with Gasteiger partial charge in [0.15, 0.2) is 0 Å². The summed E-state index contributed by atoms with van der Waals surface area (Å²) in [6.45, 7) is 2.74. The molecule has 0 radical (unpaired) electrons. The minimum atomic E-state index is -0.415. The second kappa shape index (κ2) is 5.26. The summed E-state index contributed by atoms with van der Waals surface area (Å²) in [6, 6.07) is -0.498. The Morgan fingerprint density at radius 2 is 1.89 bits per heavy atom. The zero-order valence-electron chi connectivity index (χ0n) is 11.0. The van der Waals surface area contributed by atoms with Crippen molar-refractivity contribution in [2.24, 2.45) is 23.3 Å². The fraction of sp³-hybridized carbons (Fsp3) is 0.846. The molecule has 4 unspecified atom stereocenters. The van der Waals surface area contributed by atoms with Crippen LogP contribution in [0.25, 0.3) is 0 Å². The first-order chi connectivity index (χ1) is 8.52. The van der Waals surface area contributed by atoms with Crippen LogP contribution in [0, 0.1) is 11.8 Å². The van der Waals surface area contributed by atoms with Crippen molar-refractivity contribution in [3.05, 3.63) is 0 Å². The molecule has 1 aliphatic heterocycles. The zero-order valence-corrected chi connectivity index (χ0v) is 11.0. The summed E-state index contributed by atoms with van der Waals surface area (Å²) >= 11 is 0. The van der Waals surface area contributed by atoms with Crippen LogP contribution in [0.15, 0.2) is 0 Å². The average molecular weight is 253 g/mol. The van der Waals surface area contributed by atoms with Gasteiger partial charge >= 0.3 is 0 Å². The van der Waals surface area contributed by atoms with Crippen LogP contribution < -0.4 is 11.5 Å². The van der Waals surface area contributed by atoms with E-state index in [2.05, 4.69) is 6.92 Å². The fourth-order valence-corrected chi connectivity index (χ4v) is 3.27. The molecule has 2 aliphatic rings. The van der Waals surface area contributed by atoms with Crippen LogP contribution >= 0.6 is 0 Å². The third kappa shape index (κ3) is 2.36. The smallest absolute Gasteiger partial charge is 0.240 e. The Morgan fingerprint density at radius 1 is 1.17 bits per heavy atom. The van der Waals surface area contributed by atoms with Crippen molar-refractivity contribution in [1.29, 1.82) is 0 Å². The Bertz CT molecular complexity index is 345. The molecule has 1 saturated heterocycles. The van der Waals surface area contributed by atoms with Crippen LogP contribution in [0.5, 0.6) is 0 Å². The van der Waals surface area contributed by atoms with Gasteiger partial charge in [-0.05, 0) is 31.6 Å². The van der Waals surface area contributed by atoms with Gasteiger partial charge in [0.2, 0.25) is 11.8 Å². The Hall–Kier alpha value is -1.10. The van der Waals surface area contributed by atoms with Gasteiger partial charge in [-0.3, -0.25) is 9.59 Å². The number of hydrogen-bond acceptors (Lipinski definition) is 3. The molecule has 0 bridgehead atoms. The Balaban J connectivity index is 2.08. The average Bonchev–Trinajstić information content (AvgIpc) is 2.81. The molecular weight excluding hydrogens is 230 g/mol. The van der Waals surface area contributed by atoms with E-state index in [4.69, 9.17) is 11.5 Å². The minimum Gasteiger partial charge on any atom is -0.368 e. The van der Waals surface area contributed by atoms with E-state index in [1.165, 1.54) is 0 Å². The van der Waals surface area contributed by atoms with Crippen LogP contribution in [0.2, 0.25) is 0 Å². The van der Waals surface area contributed by atoms with Crippen LogP contribution in [-0.2, 0) is 9.59 Å². The van der Waals surface area contributed by atoms with E-state index in [9.17, 15) is 9.59 Å². The van der Waals surface area contributed by atoms with E-state index in [0.29, 0.717) is 18.9 Å². The number of rotatable bonds is 2. The van der Waals surface area contributed by atoms with E-state index >= 15 is 0 Å². The molecule has 102 valence electrons. The van der Waals surface area contributed by atoms with Gasteiger partial charge < -0.3 is 16.4 Å². The van der Waals surface area contributed by atoms with Crippen molar-refractivity contribution < 1.29 is 9.59 Å². The van der Waals surface area contributed by atoms with Crippen molar-refractivity contribution in [1.82, 2.24) is 4.90 Å². The lowest BCUT2D eigenvalue weighted by atomic mass is 9.77. The SMILES string of the molecule is CC1CCCC(C(=O)N2CCCC2C(N)=O)C1N. The van der Waals surface area contributed by atoms with Crippen molar-refractivity contribution in [2.75, 3.05) is 6.54 Å². The largest absolute Gasteiger partial charge is 0.368 e. The van der Waals surface area contributed by atoms with Crippen molar-refractivity contribution >= 4 is 11.8 Å². The summed E-state index contributed by atoms with van der Waals surface area (Å²) in [5.41, 5.74) is 11.5. The van der Waals surface area contributed by atoms with E-state index in [-0.39, 0.29) is 17.9 Å². The maximum Gasteiger partial charge on any atom is 0.240 e. The van der Waals surface area contributed by atoms with Gasteiger partial charge in [-0.15, -0.1) is 0 Å². The van der Waals surface area contributed by atoms with Crippen LogP contribution in [0.1, 0.15) is 39.0 Å². The molecule has 2 rings (SSSR count). The van der Waals surface area contributed by atoms with Gasteiger partial charge in [0.25, 0.3) is 0 Å². The Kier molecular flexibility index (Phi) is 3.90. The highest BCUT2D eigenvalue weighted by atomic mass is 16.2. The predicted octanol–water partition coefficient (Wildman–Crippen LogP) is 0.226. The van der Waals surface area contributed by atoms with E-state index < -0.39 is 11.9 Å². The number of carbonyl (C=O) groups excluding carboxylic acids is 2. The lowest BCUT2D eigenvalue weighted by Gasteiger charge is -2.36. The number of hydrogen-bond donors (Lipinski definition) is 2. The summed E-state index contributed by atoms with van der Waals surface area (Å²) in [7, 11) is 0. The molecule has 1 heterocycles. The monoisotopic (exact) mass is 253 g/mol. The molecule has 2 fully saturated rings. The Labute approximate surface area is 108 Å². The van der Waals surface area contributed by atoms with Crippen LogP contribution in [0.4, 0.5) is 0 Å². The standard InChI is InChI=1S/C13H23N3O2/c1-8-4-2-5-9(11(8)14)13(18)16-7-3-6-10(16)12(15)17/h8-11H,2-7,14H2,1H3,(H2,15,17). The molecular formula is C13H23N3O2. The predicted molar refractivity (Wildman–Crippen MR) is 68.4 cm³/mol. The molecule has 5 nitrogen and oxygen atoms in total. The highest BCUT2D eigenvalue weighted by Crippen LogP contribution is 2.31. The number of amides is 2. The number of nitrogens with two attached hydrogens (primary N) is 2. The van der Waals surface area contributed by atoms with Crippen LogP contribution in [-0.4, -0.2) is 35.3 Å². The lowest BCUT2D eigenvalue weighted by Crippen LogP contribution is -2.52. The highest BCUT2D eigenvalue weighted by molar-refractivity contribution is 5.88. The quantitative estimate of drug-likeness (QED) is 0.738. The first kappa shape index (κ1) is 13.3. The Morgan fingerprint density at radius 3 is 2.56 bits per heavy atom. The number of primary amides is 1. The van der Waals surface area contributed by atoms with Crippen molar-refractivity contribution in [3.63, 3.8) is 0 Å². The first-order valence-electron chi connectivity index (χ1n) is 6.87. The van der Waals surface area contributed by atoms with E-state index in [0.717, 1.165) is 25.7 Å². The summed E-state index contributed by atoms with van der Waals surface area (Å²) in [4.78, 5) is 25.5. The zero-order chi connectivity index (χ0) is 13.3. The van der Waals surface area contributed by atoms with Crippen molar-refractivity contribution in [3.8, 4) is 0 Å². The van der Waals surface area contributed by atoms with E-state index in [1.54, 1.807) is 4.90 Å². The number of carbonyl (C=O) groups is 2. The molecule has 0 aromatic heterocycles. The second-order valence-corrected chi connectivity index (χ2v) is 5.68. The molecule has 5 heteroatoms. The van der Waals surface area contributed by atoms with Crippen molar-refractivity contribution in [2.45, 2.75) is 51.1 Å². The summed E-state index contributed by atoms with van der Waals surface area (Å²) < 4.78 is 0. The van der Waals surface area contributed by atoms with Gasteiger partial charge in [-0.1, -0.05) is 13.3 Å². The summed E-state index contributed by atoms with van der Waals surface area (Å²) in [6.07, 6.45) is 4.52. The molecule has 4 N–H and O–H groups in total. The maximum atomic E-state index is 12.5. The molecule has 2 amide bonds. The van der Waals surface area contributed by atoms with Gasteiger partial charge in [0.1, 0.15) is 6.04 Å². The van der Waals surface area contributed by atoms with Gasteiger partial charge in [0, 0.05) is 12.6 Å². The van der Waals surface area contributed by atoms with E-state index in [1.807, 2.05) is 0 Å². The van der Waals surface area contributed by atoms with Gasteiger partial charge in [0.05, 0.1) is 5.92 Å². The highest BCUT2D eigenvalue weighted by Gasteiger charge is 2.40.